The van der Waals surface area contributed by atoms with E-state index in [9.17, 15) is 4.79 Å². The van der Waals surface area contributed by atoms with Gasteiger partial charge in [0.2, 0.25) is 5.78 Å². The average Bonchev–Trinajstić information content (AvgIpc) is 3.14. The molecule has 2 heterocycles. The number of aromatic nitrogens is 1. The van der Waals surface area contributed by atoms with Gasteiger partial charge in [0, 0.05) is 5.69 Å². The Bertz CT molecular complexity index is 696. The largest absolute Gasteiger partial charge is 0.309 e. The van der Waals surface area contributed by atoms with Crippen LogP contribution in [0.3, 0.4) is 0 Å². The molecular weight excluding hydrogens is 372 g/mol. The quantitative estimate of drug-likeness (QED) is 0.255. The second-order valence-electron chi connectivity index (χ2n) is 7.63. The summed E-state index contributed by atoms with van der Waals surface area (Å²) in [5, 5.41) is 2.86. The molecule has 0 fully saturated rings. The first kappa shape index (κ1) is 22.1. The van der Waals surface area contributed by atoms with Gasteiger partial charge in [-0.2, -0.15) is 0 Å². The number of ketones is 1. The topological polar surface area (TPSA) is 33.2 Å². The first-order chi connectivity index (χ1) is 13.0. The summed E-state index contributed by atoms with van der Waals surface area (Å²) in [4.78, 5) is 20.7. The summed E-state index contributed by atoms with van der Waals surface area (Å²) in [6.45, 7) is 5.56. The van der Waals surface area contributed by atoms with Gasteiger partial charge in [-0.25, -0.2) is 4.98 Å². The highest BCUT2D eigenvalue weighted by molar-refractivity contribution is 7.99. The van der Waals surface area contributed by atoms with Crippen molar-refractivity contribution in [2.75, 3.05) is 26.4 Å². The van der Waals surface area contributed by atoms with Gasteiger partial charge in [-0.3, -0.25) is 4.79 Å². The van der Waals surface area contributed by atoms with Crippen molar-refractivity contribution in [1.82, 2.24) is 9.88 Å². The van der Waals surface area contributed by atoms with Crippen molar-refractivity contribution in [3.8, 4) is 0 Å². The SMILES string of the molecule is CC(C)Cc1ccc(C(=O)c2cccs2)c(SCCCCCCN(C)C)n1. The number of nitrogens with zero attached hydrogens (tertiary/aromatic N) is 2. The number of rotatable bonds is 12. The summed E-state index contributed by atoms with van der Waals surface area (Å²) < 4.78 is 0. The lowest BCUT2D eigenvalue weighted by molar-refractivity contribution is 0.103. The van der Waals surface area contributed by atoms with Crippen LogP contribution in [0.4, 0.5) is 0 Å². The summed E-state index contributed by atoms with van der Waals surface area (Å²) in [7, 11) is 4.25. The Morgan fingerprint density at radius 1 is 1.15 bits per heavy atom. The van der Waals surface area contributed by atoms with E-state index in [1.165, 1.54) is 37.0 Å². The number of unbranched alkanes of at least 4 members (excludes halogenated alkanes) is 3. The highest BCUT2D eigenvalue weighted by Gasteiger charge is 2.17. The van der Waals surface area contributed by atoms with E-state index in [0.29, 0.717) is 5.92 Å². The zero-order valence-corrected chi connectivity index (χ0v) is 18.7. The maximum absolute atomic E-state index is 12.9. The van der Waals surface area contributed by atoms with Gasteiger partial charge >= 0.3 is 0 Å². The fourth-order valence-electron chi connectivity index (χ4n) is 2.89. The zero-order valence-electron chi connectivity index (χ0n) is 17.0. The van der Waals surface area contributed by atoms with E-state index < -0.39 is 0 Å². The molecule has 2 rings (SSSR count). The van der Waals surface area contributed by atoms with Crippen LogP contribution in [-0.2, 0) is 6.42 Å². The monoisotopic (exact) mass is 404 g/mol. The molecule has 0 spiro atoms. The fourth-order valence-corrected chi connectivity index (χ4v) is 4.60. The third-order valence-corrected chi connectivity index (χ3v) is 6.21. The number of thioether (sulfide) groups is 1. The van der Waals surface area contributed by atoms with E-state index in [-0.39, 0.29) is 5.78 Å². The van der Waals surface area contributed by atoms with Crippen molar-refractivity contribution in [3.63, 3.8) is 0 Å². The van der Waals surface area contributed by atoms with Gasteiger partial charge in [0.1, 0.15) is 5.03 Å². The van der Waals surface area contributed by atoms with E-state index >= 15 is 0 Å². The van der Waals surface area contributed by atoms with Crippen LogP contribution in [0.1, 0.15) is 60.5 Å². The molecule has 0 N–H and O–H groups in total. The van der Waals surface area contributed by atoms with Gasteiger partial charge in [0.15, 0.2) is 0 Å². The predicted octanol–water partition coefficient (Wildman–Crippen LogP) is 5.79. The van der Waals surface area contributed by atoms with Crippen LogP contribution in [0.5, 0.6) is 0 Å². The van der Waals surface area contributed by atoms with Gasteiger partial charge in [-0.05, 0) is 75.2 Å². The second kappa shape index (κ2) is 11.6. The Labute approximate surface area is 172 Å². The number of thiophene rings is 1. The molecule has 0 radical (unpaired) electrons. The van der Waals surface area contributed by atoms with Crippen molar-refractivity contribution in [2.24, 2.45) is 5.92 Å². The van der Waals surface area contributed by atoms with E-state index in [1.807, 2.05) is 29.6 Å². The standard InChI is InChI=1S/C22H32N2OS2/c1-17(2)16-18-11-12-19(21(25)20-10-9-15-26-20)22(23-18)27-14-8-6-5-7-13-24(3)4/h9-12,15,17H,5-8,13-14,16H2,1-4H3. The lowest BCUT2D eigenvalue weighted by atomic mass is 10.1. The maximum atomic E-state index is 12.9. The zero-order chi connectivity index (χ0) is 19.6. The summed E-state index contributed by atoms with van der Waals surface area (Å²) in [5.41, 5.74) is 1.84. The second-order valence-corrected chi connectivity index (χ2v) is 9.66. The van der Waals surface area contributed by atoms with Crippen molar-refractivity contribution < 1.29 is 4.79 Å². The van der Waals surface area contributed by atoms with Crippen molar-refractivity contribution >= 4 is 28.9 Å². The Morgan fingerprint density at radius 3 is 2.59 bits per heavy atom. The molecule has 148 valence electrons. The first-order valence-corrected chi connectivity index (χ1v) is 11.7. The van der Waals surface area contributed by atoms with Gasteiger partial charge in [-0.1, -0.05) is 32.8 Å². The van der Waals surface area contributed by atoms with Gasteiger partial charge in [0.05, 0.1) is 10.4 Å². The molecule has 0 saturated carbocycles. The minimum atomic E-state index is 0.0991. The minimum Gasteiger partial charge on any atom is -0.309 e. The van der Waals surface area contributed by atoms with Crippen LogP contribution in [0, 0.1) is 5.92 Å². The number of pyridine rings is 1. The summed E-state index contributed by atoms with van der Waals surface area (Å²) in [6.07, 6.45) is 5.87. The molecule has 0 bridgehead atoms. The molecule has 0 aliphatic heterocycles. The van der Waals surface area contributed by atoms with Crippen LogP contribution in [0.25, 0.3) is 0 Å². The molecule has 2 aromatic heterocycles. The Kier molecular flexibility index (Phi) is 9.52. The molecule has 27 heavy (non-hydrogen) atoms. The van der Waals surface area contributed by atoms with Crippen LogP contribution >= 0.6 is 23.1 Å². The average molecular weight is 405 g/mol. The molecule has 0 atom stereocenters. The van der Waals surface area contributed by atoms with Crippen LogP contribution in [0.15, 0.2) is 34.7 Å². The molecular formula is C22H32N2OS2. The fraction of sp³-hybridized carbons (Fsp3) is 0.545. The third-order valence-electron chi connectivity index (χ3n) is 4.26. The van der Waals surface area contributed by atoms with Crippen LogP contribution in [-0.4, -0.2) is 42.1 Å². The van der Waals surface area contributed by atoms with Crippen LogP contribution < -0.4 is 0 Å². The summed E-state index contributed by atoms with van der Waals surface area (Å²) in [5.74, 6) is 1.68. The summed E-state index contributed by atoms with van der Waals surface area (Å²) in [6, 6.07) is 7.82. The van der Waals surface area contributed by atoms with E-state index in [4.69, 9.17) is 4.98 Å². The minimum absolute atomic E-state index is 0.0991. The molecule has 2 aromatic rings. The van der Waals surface area contributed by atoms with Crippen LogP contribution in [0.2, 0.25) is 0 Å². The lowest BCUT2D eigenvalue weighted by Gasteiger charge is -2.11. The number of carbonyl (C=O) groups is 1. The molecule has 0 aliphatic carbocycles. The number of hydrogen-bond acceptors (Lipinski definition) is 5. The van der Waals surface area contributed by atoms with Crippen molar-refractivity contribution in [1.29, 1.82) is 0 Å². The molecule has 0 aromatic carbocycles. The molecule has 5 heteroatoms. The predicted molar refractivity (Wildman–Crippen MR) is 118 cm³/mol. The van der Waals surface area contributed by atoms with E-state index in [2.05, 4.69) is 32.8 Å². The Hall–Kier alpha value is -1.17. The van der Waals surface area contributed by atoms with Gasteiger partial charge in [0.25, 0.3) is 0 Å². The van der Waals surface area contributed by atoms with Crippen molar-refractivity contribution in [3.05, 3.63) is 45.8 Å². The number of carbonyl (C=O) groups excluding carboxylic acids is 1. The van der Waals surface area contributed by atoms with Gasteiger partial charge < -0.3 is 4.90 Å². The molecule has 3 nitrogen and oxygen atoms in total. The van der Waals surface area contributed by atoms with Crippen molar-refractivity contribution in [2.45, 2.75) is 51.0 Å². The van der Waals surface area contributed by atoms with E-state index in [1.54, 1.807) is 11.8 Å². The smallest absolute Gasteiger partial charge is 0.205 e. The maximum Gasteiger partial charge on any atom is 0.205 e. The Balaban J connectivity index is 1.99. The highest BCUT2D eigenvalue weighted by Crippen LogP contribution is 2.27. The lowest BCUT2D eigenvalue weighted by Crippen LogP contribution is -2.12. The molecule has 0 unspecified atom stereocenters. The Morgan fingerprint density at radius 2 is 1.93 bits per heavy atom. The van der Waals surface area contributed by atoms with Gasteiger partial charge in [-0.15, -0.1) is 23.1 Å². The highest BCUT2D eigenvalue weighted by atomic mass is 32.2. The molecule has 0 saturated heterocycles. The number of hydrogen-bond donors (Lipinski definition) is 0. The summed E-state index contributed by atoms with van der Waals surface area (Å²) >= 11 is 3.24. The molecule has 0 amide bonds. The third kappa shape index (κ3) is 7.76. The normalized spacial score (nSPS) is 11.5. The molecule has 0 aliphatic rings. The van der Waals surface area contributed by atoms with E-state index in [0.717, 1.165) is 39.9 Å². The first-order valence-electron chi connectivity index (χ1n) is 9.83.